The molecule has 3 saturated heterocycles. The fourth-order valence-corrected chi connectivity index (χ4v) is 5.26. The minimum absolute atomic E-state index is 0.0604. The van der Waals surface area contributed by atoms with Crippen molar-refractivity contribution in [3.63, 3.8) is 0 Å². The lowest BCUT2D eigenvalue weighted by Crippen LogP contribution is -2.46. The van der Waals surface area contributed by atoms with Gasteiger partial charge in [-0.25, -0.2) is 9.97 Å². The molecule has 0 aromatic carbocycles. The summed E-state index contributed by atoms with van der Waals surface area (Å²) in [6, 6.07) is 2.01. The van der Waals surface area contributed by atoms with E-state index in [4.69, 9.17) is 0 Å². The van der Waals surface area contributed by atoms with Crippen LogP contribution in [0.1, 0.15) is 12.8 Å². The van der Waals surface area contributed by atoms with Crippen molar-refractivity contribution in [2.75, 3.05) is 37.6 Å². The zero-order chi connectivity index (χ0) is 16.1. The van der Waals surface area contributed by atoms with Gasteiger partial charge in [0.15, 0.2) is 0 Å². The van der Waals surface area contributed by atoms with Gasteiger partial charge in [-0.05, 0) is 36.1 Å². The first-order valence-electron chi connectivity index (χ1n) is 8.75. The van der Waals surface area contributed by atoms with Crippen LogP contribution in [0.5, 0.6) is 0 Å². The molecule has 7 heteroatoms. The van der Waals surface area contributed by atoms with Crippen molar-refractivity contribution in [2.24, 2.45) is 11.8 Å². The number of hydrogen-bond acceptors (Lipinski definition) is 6. The Kier molecular flexibility index (Phi) is 3.45. The fraction of sp³-hybridized carbons (Fsp3) is 0.588. The number of aromatic nitrogens is 2. The normalized spacial score (nSPS) is 29.6. The summed E-state index contributed by atoms with van der Waals surface area (Å²) < 4.78 is 0. The molecule has 1 N–H and O–H groups in total. The van der Waals surface area contributed by atoms with E-state index in [1.807, 2.05) is 5.38 Å². The highest BCUT2D eigenvalue weighted by atomic mass is 32.1. The SMILES string of the molecule is O=C(C1CCCN1c1ncnc2sccc12)N1C[C@H]2CNC[C@H]2C1. The van der Waals surface area contributed by atoms with E-state index in [2.05, 4.69) is 31.2 Å². The molecular formula is C17H21N5OS. The monoisotopic (exact) mass is 343 g/mol. The summed E-state index contributed by atoms with van der Waals surface area (Å²) in [5.74, 6) is 2.51. The number of likely N-dealkylation sites (tertiary alicyclic amines) is 1. The lowest BCUT2D eigenvalue weighted by atomic mass is 10.0. The summed E-state index contributed by atoms with van der Waals surface area (Å²) in [5, 5.41) is 6.56. The summed E-state index contributed by atoms with van der Waals surface area (Å²) in [7, 11) is 0. The van der Waals surface area contributed by atoms with Crippen LogP contribution < -0.4 is 10.2 Å². The largest absolute Gasteiger partial charge is 0.344 e. The third-order valence-corrected chi connectivity index (χ3v) is 6.57. The quantitative estimate of drug-likeness (QED) is 0.892. The number of fused-ring (bicyclic) bond motifs is 2. The number of carbonyl (C=O) groups excluding carboxylic acids is 1. The summed E-state index contributed by atoms with van der Waals surface area (Å²) in [5.41, 5.74) is 0. The van der Waals surface area contributed by atoms with Gasteiger partial charge in [0.1, 0.15) is 23.0 Å². The van der Waals surface area contributed by atoms with Crippen LogP contribution in [-0.2, 0) is 4.79 Å². The zero-order valence-electron chi connectivity index (χ0n) is 13.5. The molecule has 0 saturated carbocycles. The minimum Gasteiger partial charge on any atom is -0.344 e. The molecule has 2 aromatic rings. The molecule has 0 aliphatic carbocycles. The minimum atomic E-state index is -0.0604. The van der Waals surface area contributed by atoms with Crippen LogP contribution in [0.3, 0.4) is 0 Å². The smallest absolute Gasteiger partial charge is 0.245 e. The summed E-state index contributed by atoms with van der Waals surface area (Å²) in [6.07, 6.45) is 3.60. The number of carbonyl (C=O) groups is 1. The molecule has 3 aliphatic heterocycles. The second-order valence-electron chi connectivity index (χ2n) is 7.11. The molecule has 1 unspecified atom stereocenters. The Balaban J connectivity index is 1.41. The van der Waals surface area contributed by atoms with E-state index in [1.54, 1.807) is 17.7 Å². The molecule has 5 heterocycles. The molecule has 3 aliphatic rings. The van der Waals surface area contributed by atoms with Gasteiger partial charge >= 0.3 is 0 Å². The number of thiophene rings is 1. The Hall–Kier alpha value is -1.73. The Labute approximate surface area is 144 Å². The van der Waals surface area contributed by atoms with Crippen molar-refractivity contribution in [2.45, 2.75) is 18.9 Å². The van der Waals surface area contributed by atoms with Gasteiger partial charge < -0.3 is 15.1 Å². The van der Waals surface area contributed by atoms with Gasteiger partial charge in [-0.2, -0.15) is 0 Å². The predicted octanol–water partition coefficient (Wildman–Crippen LogP) is 1.34. The van der Waals surface area contributed by atoms with Crippen molar-refractivity contribution >= 4 is 33.3 Å². The summed E-state index contributed by atoms with van der Waals surface area (Å²) in [6.45, 7) is 4.85. The van der Waals surface area contributed by atoms with Crippen LogP contribution in [0.4, 0.5) is 5.82 Å². The standard InChI is InChI=1S/C17H21N5OS/c23-17(21-8-11-6-18-7-12(11)9-21)14-2-1-4-22(14)15-13-3-5-24-16(13)20-10-19-15/h3,5,10-12,14,18H,1-2,4,6-9H2/t11-,12+,14?. The first kappa shape index (κ1) is 14.6. The van der Waals surface area contributed by atoms with E-state index in [0.29, 0.717) is 17.7 Å². The third kappa shape index (κ3) is 2.22. The van der Waals surface area contributed by atoms with Crippen molar-refractivity contribution < 1.29 is 4.79 Å². The van der Waals surface area contributed by atoms with Crippen LogP contribution >= 0.6 is 11.3 Å². The van der Waals surface area contributed by atoms with Gasteiger partial charge in [0.25, 0.3) is 0 Å². The van der Waals surface area contributed by atoms with Crippen LogP contribution in [0, 0.1) is 11.8 Å². The van der Waals surface area contributed by atoms with Gasteiger partial charge in [0, 0.05) is 32.7 Å². The molecule has 126 valence electrons. The molecule has 2 aromatic heterocycles. The zero-order valence-corrected chi connectivity index (χ0v) is 14.3. The number of nitrogens with one attached hydrogen (secondary N) is 1. The third-order valence-electron chi connectivity index (χ3n) is 5.75. The second kappa shape index (κ2) is 5.67. The Morgan fingerprint density at radius 3 is 2.92 bits per heavy atom. The van der Waals surface area contributed by atoms with Crippen LogP contribution in [0.2, 0.25) is 0 Å². The van der Waals surface area contributed by atoms with Gasteiger partial charge in [-0.15, -0.1) is 11.3 Å². The fourth-order valence-electron chi connectivity index (χ4n) is 4.53. The summed E-state index contributed by atoms with van der Waals surface area (Å²) >= 11 is 1.63. The van der Waals surface area contributed by atoms with Crippen molar-refractivity contribution in [3.05, 3.63) is 17.8 Å². The van der Waals surface area contributed by atoms with Crippen molar-refractivity contribution in [3.8, 4) is 0 Å². The van der Waals surface area contributed by atoms with E-state index in [-0.39, 0.29) is 6.04 Å². The number of rotatable bonds is 2. The molecule has 0 radical (unpaired) electrons. The molecule has 3 atom stereocenters. The average molecular weight is 343 g/mol. The van der Waals surface area contributed by atoms with Crippen LogP contribution in [0.25, 0.3) is 10.2 Å². The van der Waals surface area contributed by atoms with Crippen molar-refractivity contribution in [1.82, 2.24) is 20.2 Å². The van der Waals surface area contributed by atoms with E-state index in [1.165, 1.54) is 0 Å². The maximum Gasteiger partial charge on any atom is 0.245 e. The Morgan fingerprint density at radius 2 is 2.08 bits per heavy atom. The number of hydrogen-bond donors (Lipinski definition) is 1. The molecule has 24 heavy (non-hydrogen) atoms. The lowest BCUT2D eigenvalue weighted by molar-refractivity contribution is -0.131. The molecule has 1 amide bonds. The number of amides is 1. The predicted molar refractivity (Wildman–Crippen MR) is 94.2 cm³/mol. The van der Waals surface area contributed by atoms with Gasteiger partial charge in [0.2, 0.25) is 5.91 Å². The Morgan fingerprint density at radius 1 is 1.25 bits per heavy atom. The van der Waals surface area contributed by atoms with Gasteiger partial charge in [-0.1, -0.05) is 0 Å². The average Bonchev–Trinajstić information content (AvgIpc) is 3.35. The van der Waals surface area contributed by atoms with Gasteiger partial charge in [0.05, 0.1) is 5.39 Å². The highest BCUT2D eigenvalue weighted by molar-refractivity contribution is 7.16. The molecule has 0 spiro atoms. The number of nitrogens with zero attached hydrogens (tertiary/aromatic N) is 4. The number of anilines is 1. The summed E-state index contributed by atoms with van der Waals surface area (Å²) in [4.78, 5) is 27.3. The highest BCUT2D eigenvalue weighted by Crippen LogP contribution is 2.34. The van der Waals surface area contributed by atoms with E-state index < -0.39 is 0 Å². The first-order chi connectivity index (χ1) is 11.8. The topological polar surface area (TPSA) is 61.4 Å². The highest BCUT2D eigenvalue weighted by Gasteiger charge is 2.42. The molecule has 3 fully saturated rings. The Bertz CT molecular complexity index is 765. The maximum absolute atomic E-state index is 13.2. The maximum atomic E-state index is 13.2. The molecule has 5 rings (SSSR count). The first-order valence-corrected chi connectivity index (χ1v) is 9.63. The second-order valence-corrected chi connectivity index (χ2v) is 8.00. The lowest BCUT2D eigenvalue weighted by Gasteiger charge is -2.29. The molecule has 6 nitrogen and oxygen atoms in total. The molecule has 0 bridgehead atoms. The van der Waals surface area contributed by atoms with E-state index in [0.717, 1.165) is 61.6 Å². The van der Waals surface area contributed by atoms with E-state index in [9.17, 15) is 4.79 Å². The molecular weight excluding hydrogens is 322 g/mol. The van der Waals surface area contributed by atoms with Crippen LogP contribution in [0.15, 0.2) is 17.8 Å². The van der Waals surface area contributed by atoms with Crippen LogP contribution in [-0.4, -0.2) is 59.5 Å². The van der Waals surface area contributed by atoms with Gasteiger partial charge in [-0.3, -0.25) is 4.79 Å². The van der Waals surface area contributed by atoms with Crippen molar-refractivity contribution in [1.29, 1.82) is 0 Å². The van der Waals surface area contributed by atoms with E-state index >= 15 is 0 Å².